The average molecular weight is 340 g/mol. The van der Waals surface area contributed by atoms with Crippen molar-refractivity contribution in [3.05, 3.63) is 46.7 Å². The molecule has 6 heteroatoms. The summed E-state index contributed by atoms with van der Waals surface area (Å²) < 4.78 is 15.4. The van der Waals surface area contributed by atoms with Crippen LogP contribution in [0.2, 0.25) is 5.02 Å². The lowest BCUT2D eigenvalue weighted by Gasteiger charge is -2.34. The molecule has 1 aromatic heterocycles. The Kier molecular flexibility index (Phi) is 5.18. The van der Waals surface area contributed by atoms with Crippen LogP contribution in [0.5, 0.6) is 0 Å². The first-order valence-electron chi connectivity index (χ1n) is 7.08. The van der Waals surface area contributed by atoms with Crippen LogP contribution in [0.4, 0.5) is 5.69 Å². The summed E-state index contributed by atoms with van der Waals surface area (Å²) in [7, 11) is 5.97. The SMILES string of the molecule is Cc1ccc(P(=Nc2cc(Cl)ccc2C)(N(C)C)N(C)C)o1. The lowest BCUT2D eigenvalue weighted by molar-refractivity contribution is 0.526. The van der Waals surface area contributed by atoms with Crippen LogP contribution >= 0.6 is 19.0 Å². The van der Waals surface area contributed by atoms with Gasteiger partial charge in [-0.15, -0.1) is 0 Å². The molecule has 0 N–H and O–H groups in total. The number of rotatable bonds is 4. The smallest absolute Gasteiger partial charge is 0.172 e. The van der Waals surface area contributed by atoms with Crippen LogP contribution in [0.3, 0.4) is 0 Å². The highest BCUT2D eigenvalue weighted by Crippen LogP contribution is 2.55. The maximum atomic E-state index is 6.16. The minimum absolute atomic E-state index is 0.690. The molecule has 0 radical (unpaired) electrons. The van der Waals surface area contributed by atoms with Crippen molar-refractivity contribution in [3.63, 3.8) is 0 Å². The molecule has 0 amide bonds. The van der Waals surface area contributed by atoms with Crippen LogP contribution in [0.15, 0.2) is 39.5 Å². The highest BCUT2D eigenvalue weighted by atomic mass is 35.5. The number of halogens is 1. The number of hydrogen-bond donors (Lipinski definition) is 0. The summed E-state index contributed by atoms with van der Waals surface area (Å²) in [5.74, 6) is 0.890. The van der Waals surface area contributed by atoms with Crippen LogP contribution in [-0.2, 0) is 0 Å². The molecule has 2 rings (SSSR count). The Hall–Kier alpha value is -1.06. The van der Waals surface area contributed by atoms with Gasteiger partial charge in [0.15, 0.2) is 12.9 Å². The summed E-state index contributed by atoms with van der Waals surface area (Å²) in [6.45, 7) is 4.00. The zero-order valence-electron chi connectivity index (χ0n) is 14.0. The van der Waals surface area contributed by atoms with Crippen molar-refractivity contribution in [2.24, 2.45) is 4.74 Å². The van der Waals surface area contributed by atoms with Crippen LogP contribution < -0.4 is 5.50 Å². The maximum Gasteiger partial charge on any atom is 0.172 e. The Morgan fingerprint density at radius 2 is 1.64 bits per heavy atom. The number of furan rings is 1. The van der Waals surface area contributed by atoms with E-state index in [1.807, 2.05) is 72.4 Å². The van der Waals surface area contributed by atoms with E-state index in [1.54, 1.807) is 0 Å². The van der Waals surface area contributed by atoms with Gasteiger partial charge in [0.05, 0.1) is 5.69 Å². The Labute approximate surface area is 137 Å². The van der Waals surface area contributed by atoms with Gasteiger partial charge < -0.3 is 4.42 Å². The highest BCUT2D eigenvalue weighted by molar-refractivity contribution is 7.69. The van der Waals surface area contributed by atoms with Crippen molar-refractivity contribution >= 4 is 30.1 Å². The first-order valence-corrected chi connectivity index (χ1v) is 9.11. The molecular weight excluding hydrogens is 317 g/mol. The van der Waals surface area contributed by atoms with Crippen molar-refractivity contribution in [1.29, 1.82) is 0 Å². The van der Waals surface area contributed by atoms with Crippen molar-refractivity contribution in [3.8, 4) is 0 Å². The van der Waals surface area contributed by atoms with Gasteiger partial charge in [0.25, 0.3) is 0 Å². The fourth-order valence-electron chi connectivity index (χ4n) is 2.40. The van der Waals surface area contributed by atoms with Crippen molar-refractivity contribution < 1.29 is 4.42 Å². The summed E-state index contributed by atoms with van der Waals surface area (Å²) in [4.78, 5) is 0. The number of nitrogens with zero attached hydrogens (tertiary/aromatic N) is 3. The normalized spacial score (nSPS) is 12.2. The van der Waals surface area contributed by atoms with Crippen molar-refractivity contribution in [2.75, 3.05) is 28.2 Å². The van der Waals surface area contributed by atoms with Gasteiger partial charge in [0.2, 0.25) is 0 Å². The summed E-state index contributed by atoms with van der Waals surface area (Å²) in [5.41, 5.74) is 2.89. The van der Waals surface area contributed by atoms with E-state index in [0.29, 0.717) is 5.02 Å². The molecule has 120 valence electrons. The molecule has 1 heterocycles. The molecule has 1 aromatic carbocycles. The van der Waals surface area contributed by atoms with Gasteiger partial charge in [0.1, 0.15) is 5.76 Å². The van der Waals surface area contributed by atoms with Crippen LogP contribution in [0.1, 0.15) is 11.3 Å². The van der Waals surface area contributed by atoms with Crippen LogP contribution in [0, 0.1) is 13.8 Å². The molecule has 0 aliphatic rings. The molecule has 0 saturated carbocycles. The number of hydrogen-bond acceptors (Lipinski definition) is 2. The molecule has 0 bridgehead atoms. The molecule has 22 heavy (non-hydrogen) atoms. The molecule has 0 aliphatic carbocycles. The summed E-state index contributed by atoms with van der Waals surface area (Å²) >= 11 is 6.16. The summed E-state index contributed by atoms with van der Waals surface area (Å²) in [5, 5.41) is 0.690. The third kappa shape index (κ3) is 3.16. The number of aryl methyl sites for hydroxylation is 2. The van der Waals surface area contributed by atoms with Crippen molar-refractivity contribution in [2.45, 2.75) is 13.8 Å². The lowest BCUT2D eigenvalue weighted by Crippen LogP contribution is -2.28. The Balaban J connectivity index is 2.78. The van der Waals surface area contributed by atoms with Crippen LogP contribution in [0.25, 0.3) is 0 Å². The van der Waals surface area contributed by atoms with Gasteiger partial charge >= 0.3 is 0 Å². The maximum absolute atomic E-state index is 6.16. The van der Waals surface area contributed by atoms with Gasteiger partial charge in [-0.2, -0.15) is 0 Å². The third-order valence-electron chi connectivity index (χ3n) is 3.56. The van der Waals surface area contributed by atoms with Gasteiger partial charge in [-0.05, 0) is 71.9 Å². The Morgan fingerprint density at radius 3 is 2.14 bits per heavy atom. The highest BCUT2D eigenvalue weighted by Gasteiger charge is 2.31. The molecule has 2 aromatic rings. The van der Waals surface area contributed by atoms with Crippen LogP contribution in [-0.4, -0.2) is 37.5 Å². The van der Waals surface area contributed by atoms with E-state index < -0.39 is 7.36 Å². The molecule has 0 fully saturated rings. The van der Waals surface area contributed by atoms with E-state index in [2.05, 4.69) is 9.34 Å². The molecule has 0 unspecified atom stereocenters. The first-order chi connectivity index (χ1) is 10.3. The lowest BCUT2D eigenvalue weighted by atomic mass is 10.2. The van der Waals surface area contributed by atoms with E-state index in [1.165, 1.54) is 0 Å². The first kappa shape index (κ1) is 17.3. The second-order valence-corrected chi connectivity index (χ2v) is 9.49. The molecule has 0 spiro atoms. The number of benzene rings is 1. The minimum Gasteiger partial charge on any atom is -0.457 e. The second kappa shape index (κ2) is 6.59. The van der Waals surface area contributed by atoms with Gasteiger partial charge in [-0.1, -0.05) is 17.7 Å². The Bertz CT molecular complexity index is 710. The van der Waals surface area contributed by atoms with E-state index in [0.717, 1.165) is 22.5 Å². The van der Waals surface area contributed by atoms with E-state index in [9.17, 15) is 0 Å². The molecular formula is C16H23ClN3OP. The van der Waals surface area contributed by atoms with E-state index in [4.69, 9.17) is 20.8 Å². The molecule has 4 nitrogen and oxygen atoms in total. The fourth-order valence-corrected chi connectivity index (χ4v) is 5.59. The molecule has 0 aliphatic heterocycles. The van der Waals surface area contributed by atoms with Gasteiger partial charge in [-0.25, -0.2) is 4.74 Å². The minimum atomic E-state index is -2.17. The third-order valence-corrected chi connectivity index (χ3v) is 7.35. The second-order valence-electron chi connectivity index (χ2n) is 5.68. The average Bonchev–Trinajstić information content (AvgIpc) is 2.85. The summed E-state index contributed by atoms with van der Waals surface area (Å²) in [6.07, 6.45) is 0. The van der Waals surface area contributed by atoms with E-state index in [-0.39, 0.29) is 0 Å². The van der Waals surface area contributed by atoms with Gasteiger partial charge in [-0.3, -0.25) is 9.34 Å². The predicted octanol–water partition coefficient (Wildman–Crippen LogP) is 4.66. The zero-order chi connectivity index (χ0) is 16.5. The Morgan fingerprint density at radius 1 is 1.00 bits per heavy atom. The fraction of sp³-hybridized carbons (Fsp3) is 0.375. The van der Waals surface area contributed by atoms with Gasteiger partial charge in [0, 0.05) is 5.02 Å². The zero-order valence-corrected chi connectivity index (χ0v) is 15.6. The standard InChI is InChI=1S/C16H23ClN3OP/c1-12-7-9-14(17)11-15(12)18-22(19(3)4,20(5)6)16-10-8-13(2)21-16/h7-11H,1-6H3. The quantitative estimate of drug-likeness (QED) is 0.759. The topological polar surface area (TPSA) is 32.0 Å². The predicted molar refractivity (Wildman–Crippen MR) is 95.7 cm³/mol. The largest absolute Gasteiger partial charge is 0.457 e. The summed E-state index contributed by atoms with van der Waals surface area (Å²) in [6, 6.07) is 9.80. The van der Waals surface area contributed by atoms with Crippen molar-refractivity contribution in [1.82, 2.24) is 9.34 Å². The molecule has 0 saturated heterocycles. The molecule has 0 atom stereocenters. The monoisotopic (exact) mass is 339 g/mol. The van der Waals surface area contributed by atoms with E-state index >= 15 is 0 Å².